The van der Waals surface area contributed by atoms with Crippen molar-refractivity contribution in [1.29, 1.82) is 0 Å². The minimum absolute atomic E-state index is 0.525. The van der Waals surface area contributed by atoms with E-state index >= 15 is 0 Å². The Morgan fingerprint density at radius 1 is 0.767 bits per heavy atom. The number of nitrogens with zero attached hydrogens (tertiary/aromatic N) is 1. The molecule has 2 aromatic carbocycles. The van der Waals surface area contributed by atoms with Gasteiger partial charge in [0.05, 0.1) is 0 Å². The molecule has 0 bridgehead atoms. The average molecular weight is 399 g/mol. The van der Waals surface area contributed by atoms with Gasteiger partial charge in [-0.25, -0.2) is 0 Å². The van der Waals surface area contributed by atoms with E-state index in [2.05, 4.69) is 92.2 Å². The monoisotopic (exact) mass is 398 g/mol. The van der Waals surface area contributed by atoms with Crippen molar-refractivity contribution in [2.24, 2.45) is 0 Å². The Balaban J connectivity index is 1.87. The summed E-state index contributed by atoms with van der Waals surface area (Å²) in [6.45, 7) is 6.98. The third-order valence-electron chi connectivity index (χ3n) is 6.90. The summed E-state index contributed by atoms with van der Waals surface area (Å²) in [5.74, 6) is 0.586. The molecule has 0 aliphatic carbocycles. The minimum Gasteiger partial charge on any atom is -0.194 e. The van der Waals surface area contributed by atoms with Crippen LogP contribution in [0.1, 0.15) is 82.4 Å². The van der Waals surface area contributed by atoms with Gasteiger partial charge in [0.25, 0.3) is 0 Å². The molecule has 3 aromatic rings. The maximum absolute atomic E-state index is 2.61. The van der Waals surface area contributed by atoms with Gasteiger partial charge in [0, 0.05) is 29.5 Å². The molecule has 1 aliphatic rings. The first-order chi connectivity index (χ1) is 14.8. The standard InChI is InChI=1S/C29H36N/c1-4-7-8-10-17-23-20-29-26-19-14-13-18-25(26)24(5-2)28(6-3)30(29)21-27(23)22-15-11-9-12-16-22/h9,11-16,18-21,24,28H,4-8,10,17H2,1-3H3/q+1. The molecular formula is C29H36N+. The molecule has 0 fully saturated rings. The van der Waals surface area contributed by atoms with E-state index < -0.39 is 0 Å². The van der Waals surface area contributed by atoms with E-state index in [1.165, 1.54) is 65.6 Å². The fraction of sp³-hybridized carbons (Fsp3) is 0.414. The average Bonchev–Trinajstić information content (AvgIpc) is 2.81. The van der Waals surface area contributed by atoms with E-state index in [0.29, 0.717) is 12.0 Å². The summed E-state index contributed by atoms with van der Waals surface area (Å²) in [5.41, 5.74) is 8.65. The quantitative estimate of drug-likeness (QED) is 0.268. The van der Waals surface area contributed by atoms with E-state index in [4.69, 9.17) is 0 Å². The van der Waals surface area contributed by atoms with Crippen molar-refractivity contribution in [3.8, 4) is 22.4 Å². The first-order valence-corrected chi connectivity index (χ1v) is 12.0. The van der Waals surface area contributed by atoms with E-state index in [-0.39, 0.29) is 0 Å². The Kier molecular flexibility index (Phi) is 6.67. The first kappa shape index (κ1) is 20.8. The van der Waals surface area contributed by atoms with Gasteiger partial charge in [-0.15, -0.1) is 0 Å². The second-order valence-corrected chi connectivity index (χ2v) is 8.76. The number of fused-ring (bicyclic) bond motifs is 3. The van der Waals surface area contributed by atoms with Gasteiger partial charge in [0.2, 0.25) is 5.69 Å². The molecule has 0 amide bonds. The lowest BCUT2D eigenvalue weighted by molar-refractivity contribution is -0.718. The largest absolute Gasteiger partial charge is 0.213 e. The smallest absolute Gasteiger partial charge is 0.194 e. The molecule has 0 N–H and O–H groups in total. The Morgan fingerprint density at radius 2 is 1.53 bits per heavy atom. The number of hydrogen-bond donors (Lipinski definition) is 0. The van der Waals surface area contributed by atoms with Crippen LogP contribution in [0.2, 0.25) is 0 Å². The highest BCUT2D eigenvalue weighted by Crippen LogP contribution is 2.42. The molecule has 2 heterocycles. The number of pyridine rings is 1. The normalized spacial score (nSPS) is 17.4. The highest BCUT2D eigenvalue weighted by atomic mass is 15.0. The maximum Gasteiger partial charge on any atom is 0.213 e. The number of rotatable bonds is 8. The number of aryl methyl sites for hydroxylation is 1. The van der Waals surface area contributed by atoms with Crippen molar-refractivity contribution >= 4 is 0 Å². The Hall–Kier alpha value is -2.41. The van der Waals surface area contributed by atoms with Crippen LogP contribution in [-0.4, -0.2) is 0 Å². The number of benzene rings is 2. The summed E-state index contributed by atoms with van der Waals surface area (Å²) in [4.78, 5) is 0. The van der Waals surface area contributed by atoms with Crippen LogP contribution in [0.5, 0.6) is 0 Å². The number of unbranched alkanes of at least 4 members (excludes halogenated alkanes) is 3. The molecule has 1 nitrogen and oxygen atoms in total. The van der Waals surface area contributed by atoms with Crippen LogP contribution in [0.25, 0.3) is 22.4 Å². The molecule has 0 saturated carbocycles. The second kappa shape index (κ2) is 9.60. The number of hydrogen-bond acceptors (Lipinski definition) is 0. The van der Waals surface area contributed by atoms with Crippen LogP contribution < -0.4 is 4.57 Å². The lowest BCUT2D eigenvalue weighted by Gasteiger charge is -2.30. The highest BCUT2D eigenvalue weighted by molar-refractivity contribution is 5.71. The fourth-order valence-corrected chi connectivity index (χ4v) is 5.35. The zero-order chi connectivity index (χ0) is 20.9. The topological polar surface area (TPSA) is 3.88 Å². The molecule has 30 heavy (non-hydrogen) atoms. The molecule has 1 heteroatoms. The Labute approximate surface area is 182 Å². The lowest BCUT2D eigenvalue weighted by Crippen LogP contribution is -2.47. The van der Waals surface area contributed by atoms with Crippen molar-refractivity contribution in [3.05, 3.63) is 78.0 Å². The fourth-order valence-electron chi connectivity index (χ4n) is 5.35. The van der Waals surface area contributed by atoms with Crippen LogP contribution in [0.4, 0.5) is 0 Å². The van der Waals surface area contributed by atoms with Crippen LogP contribution in [-0.2, 0) is 6.42 Å². The molecule has 0 spiro atoms. The molecule has 0 radical (unpaired) electrons. The lowest BCUT2D eigenvalue weighted by atomic mass is 9.79. The first-order valence-electron chi connectivity index (χ1n) is 12.0. The molecule has 0 saturated heterocycles. The molecular weight excluding hydrogens is 362 g/mol. The van der Waals surface area contributed by atoms with Crippen molar-refractivity contribution in [2.75, 3.05) is 0 Å². The minimum atomic E-state index is 0.525. The van der Waals surface area contributed by atoms with Crippen LogP contribution in [0.3, 0.4) is 0 Å². The van der Waals surface area contributed by atoms with Crippen molar-refractivity contribution < 1.29 is 4.57 Å². The molecule has 1 aromatic heterocycles. The SMILES string of the molecule is CCCCCCc1cc2[n+](cc1-c1ccccc1)C(CC)C(CC)c1ccccc1-2. The molecule has 4 rings (SSSR count). The predicted octanol–water partition coefficient (Wildman–Crippen LogP) is 7.89. The molecule has 1 aliphatic heterocycles. The predicted molar refractivity (Wildman–Crippen MR) is 128 cm³/mol. The van der Waals surface area contributed by atoms with Gasteiger partial charge >= 0.3 is 0 Å². The maximum atomic E-state index is 2.61. The van der Waals surface area contributed by atoms with Crippen molar-refractivity contribution in [2.45, 2.75) is 77.7 Å². The summed E-state index contributed by atoms with van der Waals surface area (Å²) in [6, 6.07) is 23.2. The van der Waals surface area contributed by atoms with Gasteiger partial charge in [-0.1, -0.05) is 88.6 Å². The number of aromatic nitrogens is 1. The summed E-state index contributed by atoms with van der Waals surface area (Å²) >= 11 is 0. The van der Waals surface area contributed by atoms with Gasteiger partial charge in [-0.2, -0.15) is 4.57 Å². The molecule has 2 unspecified atom stereocenters. The Bertz CT molecular complexity index is 973. The zero-order valence-corrected chi connectivity index (χ0v) is 18.9. The van der Waals surface area contributed by atoms with Crippen LogP contribution in [0, 0.1) is 0 Å². The Morgan fingerprint density at radius 3 is 2.27 bits per heavy atom. The third-order valence-corrected chi connectivity index (χ3v) is 6.90. The second-order valence-electron chi connectivity index (χ2n) is 8.76. The van der Waals surface area contributed by atoms with Gasteiger partial charge in [0.15, 0.2) is 12.2 Å². The summed E-state index contributed by atoms with van der Waals surface area (Å²) in [5, 5.41) is 0. The molecule has 156 valence electrons. The third kappa shape index (κ3) is 3.95. The van der Waals surface area contributed by atoms with Crippen LogP contribution in [0.15, 0.2) is 66.9 Å². The zero-order valence-electron chi connectivity index (χ0n) is 18.9. The van der Waals surface area contributed by atoms with Gasteiger partial charge in [-0.05, 0) is 42.0 Å². The highest BCUT2D eigenvalue weighted by Gasteiger charge is 2.38. The summed E-state index contributed by atoms with van der Waals surface area (Å²) < 4.78 is 2.61. The van der Waals surface area contributed by atoms with Crippen LogP contribution >= 0.6 is 0 Å². The van der Waals surface area contributed by atoms with E-state index in [1.54, 1.807) is 0 Å². The van der Waals surface area contributed by atoms with E-state index in [0.717, 1.165) is 12.8 Å². The van der Waals surface area contributed by atoms with E-state index in [9.17, 15) is 0 Å². The van der Waals surface area contributed by atoms with Gasteiger partial charge in [0.1, 0.15) is 0 Å². The van der Waals surface area contributed by atoms with Gasteiger partial charge < -0.3 is 0 Å². The van der Waals surface area contributed by atoms with Gasteiger partial charge in [-0.3, -0.25) is 0 Å². The molecule has 2 atom stereocenters. The van der Waals surface area contributed by atoms with E-state index in [1.807, 2.05) is 0 Å². The summed E-state index contributed by atoms with van der Waals surface area (Å²) in [6.07, 6.45) is 11.2. The van der Waals surface area contributed by atoms with Crippen molar-refractivity contribution in [1.82, 2.24) is 0 Å². The van der Waals surface area contributed by atoms with Crippen molar-refractivity contribution in [3.63, 3.8) is 0 Å². The summed E-state index contributed by atoms with van der Waals surface area (Å²) in [7, 11) is 0.